The van der Waals surface area contributed by atoms with Gasteiger partial charge in [-0.1, -0.05) is 30.3 Å². The Bertz CT molecular complexity index is 418. The predicted octanol–water partition coefficient (Wildman–Crippen LogP) is 3.04. The molecule has 0 unspecified atom stereocenters. The first-order chi connectivity index (χ1) is 5.92. The van der Waals surface area contributed by atoms with Gasteiger partial charge < -0.3 is 0 Å². The zero-order chi connectivity index (χ0) is 8.39. The SMILES string of the molecule is O=Nc1cc[c]c2ccccc12. The van der Waals surface area contributed by atoms with Gasteiger partial charge in [-0.15, -0.1) is 4.91 Å². The summed E-state index contributed by atoms with van der Waals surface area (Å²) in [6.07, 6.45) is 0. The molecule has 0 aliphatic carbocycles. The van der Waals surface area contributed by atoms with Gasteiger partial charge in [-0.25, -0.2) is 0 Å². The van der Waals surface area contributed by atoms with Crippen LogP contribution < -0.4 is 0 Å². The van der Waals surface area contributed by atoms with Gasteiger partial charge in [-0.05, 0) is 22.7 Å². The highest BCUT2D eigenvalue weighted by Gasteiger charge is 1.97. The fourth-order valence-electron chi connectivity index (χ4n) is 1.21. The van der Waals surface area contributed by atoms with Gasteiger partial charge in [-0.2, -0.15) is 0 Å². The molecule has 0 spiro atoms. The zero-order valence-electron chi connectivity index (χ0n) is 6.32. The van der Waals surface area contributed by atoms with E-state index < -0.39 is 0 Å². The Hall–Kier alpha value is -1.70. The van der Waals surface area contributed by atoms with E-state index in [2.05, 4.69) is 11.2 Å². The Labute approximate surface area is 69.8 Å². The maximum atomic E-state index is 10.4. The first-order valence-corrected chi connectivity index (χ1v) is 3.64. The largest absolute Gasteiger partial charge is 0.145 e. The summed E-state index contributed by atoms with van der Waals surface area (Å²) in [5.41, 5.74) is 0.476. The normalized spacial score (nSPS) is 10.0. The van der Waals surface area contributed by atoms with Crippen molar-refractivity contribution in [1.82, 2.24) is 0 Å². The lowest BCUT2D eigenvalue weighted by molar-refractivity contribution is 1.53. The second kappa shape index (κ2) is 2.74. The molecule has 57 valence electrons. The third-order valence-electron chi connectivity index (χ3n) is 1.78. The summed E-state index contributed by atoms with van der Waals surface area (Å²) >= 11 is 0. The van der Waals surface area contributed by atoms with E-state index in [1.807, 2.05) is 24.3 Å². The van der Waals surface area contributed by atoms with Crippen molar-refractivity contribution in [2.75, 3.05) is 0 Å². The average Bonchev–Trinajstić information content (AvgIpc) is 2.17. The van der Waals surface area contributed by atoms with E-state index in [0.717, 1.165) is 10.8 Å². The lowest BCUT2D eigenvalue weighted by Crippen LogP contribution is -1.71. The van der Waals surface area contributed by atoms with E-state index in [0.29, 0.717) is 5.69 Å². The number of rotatable bonds is 1. The van der Waals surface area contributed by atoms with Crippen molar-refractivity contribution in [1.29, 1.82) is 0 Å². The Kier molecular flexibility index (Phi) is 1.59. The molecular formula is C10H6NO. The van der Waals surface area contributed by atoms with Crippen LogP contribution in [0.3, 0.4) is 0 Å². The van der Waals surface area contributed by atoms with Crippen LogP contribution in [-0.4, -0.2) is 0 Å². The van der Waals surface area contributed by atoms with E-state index in [1.165, 1.54) is 0 Å². The molecule has 1 radical (unpaired) electrons. The molecule has 2 heteroatoms. The van der Waals surface area contributed by atoms with Crippen LogP contribution in [0.15, 0.2) is 41.6 Å². The fraction of sp³-hybridized carbons (Fsp3) is 0. The van der Waals surface area contributed by atoms with Crippen molar-refractivity contribution in [3.05, 3.63) is 47.4 Å². The molecule has 0 atom stereocenters. The molecule has 0 amide bonds. The highest BCUT2D eigenvalue weighted by molar-refractivity contribution is 5.91. The van der Waals surface area contributed by atoms with Crippen molar-refractivity contribution in [2.45, 2.75) is 0 Å². The minimum atomic E-state index is 0.476. The standard InChI is InChI=1S/C10H6NO/c12-11-10-7-3-5-8-4-1-2-6-9(8)10/h1-4,6-7H. The smallest absolute Gasteiger partial charge is 0.115 e. The van der Waals surface area contributed by atoms with Crippen molar-refractivity contribution in [2.24, 2.45) is 5.18 Å². The molecule has 0 N–H and O–H groups in total. The first-order valence-electron chi connectivity index (χ1n) is 3.64. The number of hydrogen-bond donors (Lipinski definition) is 0. The number of hydrogen-bond acceptors (Lipinski definition) is 2. The van der Waals surface area contributed by atoms with Gasteiger partial charge in [0.15, 0.2) is 0 Å². The third-order valence-corrected chi connectivity index (χ3v) is 1.78. The summed E-state index contributed by atoms with van der Waals surface area (Å²) < 4.78 is 0. The van der Waals surface area contributed by atoms with Crippen LogP contribution in [0.4, 0.5) is 5.69 Å². The quantitative estimate of drug-likeness (QED) is 0.583. The summed E-state index contributed by atoms with van der Waals surface area (Å²) in [5.74, 6) is 0. The van der Waals surface area contributed by atoms with Crippen molar-refractivity contribution < 1.29 is 0 Å². The van der Waals surface area contributed by atoms with E-state index in [4.69, 9.17) is 0 Å². The molecule has 2 nitrogen and oxygen atoms in total. The summed E-state index contributed by atoms with van der Waals surface area (Å²) in [6.45, 7) is 0. The molecule has 0 saturated heterocycles. The Balaban J connectivity index is 2.88. The van der Waals surface area contributed by atoms with Crippen LogP contribution in [0.1, 0.15) is 0 Å². The highest BCUT2D eigenvalue weighted by Crippen LogP contribution is 2.24. The maximum absolute atomic E-state index is 10.4. The summed E-state index contributed by atoms with van der Waals surface area (Å²) in [7, 11) is 0. The van der Waals surface area contributed by atoms with Crippen LogP contribution >= 0.6 is 0 Å². The highest BCUT2D eigenvalue weighted by atomic mass is 16.3. The van der Waals surface area contributed by atoms with E-state index >= 15 is 0 Å². The van der Waals surface area contributed by atoms with Crippen molar-refractivity contribution in [3.63, 3.8) is 0 Å². The molecule has 0 aliphatic heterocycles. The molecular weight excluding hydrogens is 150 g/mol. The molecule has 12 heavy (non-hydrogen) atoms. The van der Waals surface area contributed by atoms with Gasteiger partial charge in [0.2, 0.25) is 0 Å². The van der Waals surface area contributed by atoms with Crippen LogP contribution in [0.5, 0.6) is 0 Å². The number of benzene rings is 2. The van der Waals surface area contributed by atoms with Crippen LogP contribution in [-0.2, 0) is 0 Å². The van der Waals surface area contributed by atoms with Gasteiger partial charge in [0.05, 0.1) is 0 Å². The number of fused-ring (bicyclic) bond motifs is 1. The minimum Gasteiger partial charge on any atom is -0.145 e. The number of nitroso groups, excluding NO2 is 1. The van der Waals surface area contributed by atoms with Crippen LogP contribution in [0.25, 0.3) is 10.8 Å². The molecule has 0 aliphatic rings. The second-order valence-corrected chi connectivity index (χ2v) is 2.50. The molecule has 2 aromatic carbocycles. The lowest BCUT2D eigenvalue weighted by atomic mass is 10.1. The van der Waals surface area contributed by atoms with Gasteiger partial charge >= 0.3 is 0 Å². The van der Waals surface area contributed by atoms with E-state index in [-0.39, 0.29) is 0 Å². The summed E-state index contributed by atoms with van der Waals surface area (Å²) in [4.78, 5) is 10.4. The predicted molar refractivity (Wildman–Crippen MR) is 48.2 cm³/mol. The Morgan fingerprint density at radius 3 is 2.83 bits per heavy atom. The van der Waals surface area contributed by atoms with Gasteiger partial charge in [0.1, 0.15) is 5.69 Å². The van der Waals surface area contributed by atoms with Crippen molar-refractivity contribution >= 4 is 16.5 Å². The third kappa shape index (κ3) is 0.975. The second-order valence-electron chi connectivity index (χ2n) is 2.50. The number of nitrogens with zero attached hydrogens (tertiary/aromatic N) is 1. The summed E-state index contributed by atoms with van der Waals surface area (Å²) in [5, 5.41) is 4.71. The maximum Gasteiger partial charge on any atom is 0.115 e. The van der Waals surface area contributed by atoms with Gasteiger partial charge in [-0.3, -0.25) is 0 Å². The first kappa shape index (κ1) is 6.98. The minimum absolute atomic E-state index is 0.476. The van der Waals surface area contributed by atoms with Crippen molar-refractivity contribution in [3.8, 4) is 0 Å². The van der Waals surface area contributed by atoms with Crippen LogP contribution in [0.2, 0.25) is 0 Å². The molecule has 2 rings (SSSR count). The summed E-state index contributed by atoms with van der Waals surface area (Å²) in [6, 6.07) is 14.0. The molecule has 0 aromatic heterocycles. The average molecular weight is 156 g/mol. The Morgan fingerprint density at radius 2 is 2.00 bits per heavy atom. The molecule has 0 bridgehead atoms. The zero-order valence-corrected chi connectivity index (χ0v) is 6.32. The molecule has 0 fully saturated rings. The molecule has 2 aromatic rings. The van der Waals surface area contributed by atoms with E-state index in [1.54, 1.807) is 12.1 Å². The fourth-order valence-corrected chi connectivity index (χ4v) is 1.21. The topological polar surface area (TPSA) is 29.4 Å². The molecule has 0 saturated carbocycles. The molecule has 0 heterocycles. The van der Waals surface area contributed by atoms with Gasteiger partial charge in [0, 0.05) is 5.39 Å². The monoisotopic (exact) mass is 156 g/mol. The van der Waals surface area contributed by atoms with Crippen LogP contribution in [0, 0.1) is 11.0 Å². The van der Waals surface area contributed by atoms with E-state index in [9.17, 15) is 4.91 Å². The van der Waals surface area contributed by atoms with Gasteiger partial charge in [0.25, 0.3) is 0 Å². The lowest BCUT2D eigenvalue weighted by Gasteiger charge is -1.96. The Morgan fingerprint density at radius 1 is 1.17 bits per heavy atom.